The summed E-state index contributed by atoms with van der Waals surface area (Å²) < 4.78 is 0. The third kappa shape index (κ3) is 2.50. The van der Waals surface area contributed by atoms with Crippen LogP contribution in [0, 0.1) is 18.9 Å². The van der Waals surface area contributed by atoms with Crippen LogP contribution >= 0.6 is 0 Å². The molecule has 0 saturated carbocycles. The first-order chi connectivity index (χ1) is 7.20. The molecule has 1 aromatic carbocycles. The van der Waals surface area contributed by atoms with Crippen molar-refractivity contribution in [2.75, 3.05) is 0 Å². The molecule has 0 aliphatic rings. The van der Waals surface area contributed by atoms with Crippen molar-refractivity contribution in [3.8, 4) is 5.92 Å². The maximum atomic E-state index is 7.29. The number of rotatable bonds is 2. The minimum atomic E-state index is 0.716. The van der Waals surface area contributed by atoms with Crippen LogP contribution in [0.5, 0.6) is 0 Å². The van der Waals surface area contributed by atoms with Crippen molar-refractivity contribution >= 4 is 5.57 Å². The fraction of sp³-hybridized carbons (Fsp3) is 0.133. The lowest BCUT2D eigenvalue weighted by molar-refractivity contribution is 1.40. The van der Waals surface area contributed by atoms with Crippen LogP contribution in [-0.4, -0.2) is 0 Å². The zero-order valence-corrected chi connectivity index (χ0v) is 8.89. The van der Waals surface area contributed by atoms with Crippen molar-refractivity contribution in [1.82, 2.24) is 0 Å². The van der Waals surface area contributed by atoms with Gasteiger partial charge in [0.2, 0.25) is 0 Å². The average molecular weight is 191 g/mol. The molecule has 15 heavy (non-hydrogen) atoms. The molecule has 0 bridgehead atoms. The summed E-state index contributed by atoms with van der Waals surface area (Å²) in [5.74, 6) is 2.33. The summed E-state index contributed by atoms with van der Waals surface area (Å²) in [4.78, 5) is 0. The van der Waals surface area contributed by atoms with Crippen molar-refractivity contribution in [2.24, 2.45) is 0 Å². The summed E-state index contributed by atoms with van der Waals surface area (Å²) in [6.07, 6.45) is 7.06. The van der Waals surface area contributed by atoms with Crippen LogP contribution in [-0.2, 0) is 0 Å². The van der Waals surface area contributed by atoms with Crippen molar-refractivity contribution in [3.63, 3.8) is 0 Å². The van der Waals surface area contributed by atoms with Gasteiger partial charge in [-0.15, -0.1) is 16.9 Å². The summed E-state index contributed by atoms with van der Waals surface area (Å²) in [7, 11) is 0. The molecule has 0 atom stereocenters. The highest BCUT2D eigenvalue weighted by Gasteiger charge is 2.00. The maximum Gasteiger partial charge on any atom is 0.0497 e. The summed E-state index contributed by atoms with van der Waals surface area (Å²) >= 11 is 0. The molecule has 1 rings (SSSR count). The van der Waals surface area contributed by atoms with E-state index < -0.39 is 0 Å². The monoisotopic (exact) mass is 191 g/mol. The first kappa shape index (κ1) is 11.1. The molecule has 0 saturated heterocycles. The van der Waals surface area contributed by atoms with Crippen LogP contribution in [0.1, 0.15) is 19.4 Å². The van der Waals surface area contributed by atoms with Gasteiger partial charge in [-0.25, -0.2) is 0 Å². The molecule has 0 spiro atoms. The summed E-state index contributed by atoms with van der Waals surface area (Å²) in [6, 6.07) is 9.63. The first-order valence-corrected chi connectivity index (χ1v) is 4.66. The number of hydrogen-bond donors (Lipinski definition) is 0. The second kappa shape index (κ2) is 5.05. The molecule has 0 aliphatic carbocycles. The largest absolute Gasteiger partial charge is 0.366 e. The fourth-order valence-corrected chi connectivity index (χ4v) is 1.27. The lowest BCUT2D eigenvalue weighted by atomic mass is 9.97. The van der Waals surface area contributed by atoms with E-state index in [0.29, 0.717) is 5.57 Å². The Kier molecular flexibility index (Phi) is 3.75. The minimum absolute atomic E-state index is 0.716. The second-order valence-corrected chi connectivity index (χ2v) is 3.24. The van der Waals surface area contributed by atoms with E-state index in [1.165, 1.54) is 0 Å². The Balaban J connectivity index is 3.27. The SMILES string of the molecule is [C]=C=C(/C(C)=C(\C)C#[C-])c1ccccc1. The highest BCUT2D eigenvalue weighted by atomic mass is 14.1. The third-order valence-corrected chi connectivity index (χ3v) is 2.31. The van der Waals surface area contributed by atoms with E-state index in [4.69, 9.17) is 13.0 Å². The second-order valence-electron chi connectivity index (χ2n) is 3.24. The minimum Gasteiger partial charge on any atom is -0.366 e. The third-order valence-electron chi connectivity index (χ3n) is 2.31. The summed E-state index contributed by atoms with van der Waals surface area (Å²) in [5.41, 5.74) is 5.68. The van der Waals surface area contributed by atoms with Gasteiger partial charge < -0.3 is 6.42 Å². The smallest absolute Gasteiger partial charge is 0.0497 e. The molecule has 0 N–H and O–H groups in total. The van der Waals surface area contributed by atoms with E-state index in [1.54, 1.807) is 0 Å². The van der Waals surface area contributed by atoms with Gasteiger partial charge in [0, 0.05) is 12.2 Å². The Morgan fingerprint density at radius 1 is 1.20 bits per heavy atom. The number of allylic oxidation sites excluding steroid dienone is 3. The standard InChI is InChI=1S/C15H11/c1-5-12(3)13(4)15(6-2)14-10-8-7-9-11-14/h7-11H,3-4H3/q-1/b13-12+. The Bertz CT molecular complexity index is 461. The Morgan fingerprint density at radius 2 is 1.80 bits per heavy atom. The van der Waals surface area contributed by atoms with Gasteiger partial charge in [0.15, 0.2) is 0 Å². The van der Waals surface area contributed by atoms with Gasteiger partial charge in [0.05, 0.1) is 0 Å². The fourth-order valence-electron chi connectivity index (χ4n) is 1.27. The Hall–Kier alpha value is -1.96. The van der Waals surface area contributed by atoms with Gasteiger partial charge in [0.25, 0.3) is 0 Å². The Morgan fingerprint density at radius 3 is 2.27 bits per heavy atom. The van der Waals surface area contributed by atoms with Crippen LogP contribution in [0.15, 0.2) is 47.2 Å². The van der Waals surface area contributed by atoms with E-state index in [2.05, 4.69) is 11.7 Å². The van der Waals surface area contributed by atoms with E-state index >= 15 is 0 Å². The average Bonchev–Trinajstić information content (AvgIpc) is 2.30. The van der Waals surface area contributed by atoms with Crippen LogP contribution in [0.3, 0.4) is 0 Å². The molecule has 0 aromatic heterocycles. The molecular weight excluding hydrogens is 180 g/mol. The van der Waals surface area contributed by atoms with Crippen LogP contribution < -0.4 is 0 Å². The summed E-state index contributed by atoms with van der Waals surface area (Å²) in [6.45, 7) is 11.0. The van der Waals surface area contributed by atoms with E-state index in [9.17, 15) is 0 Å². The van der Waals surface area contributed by atoms with E-state index in [0.717, 1.165) is 16.7 Å². The van der Waals surface area contributed by atoms with Gasteiger partial charge in [-0.3, -0.25) is 5.92 Å². The van der Waals surface area contributed by atoms with Crippen LogP contribution in [0.4, 0.5) is 0 Å². The summed E-state index contributed by atoms with van der Waals surface area (Å²) in [5, 5.41) is 0. The predicted molar refractivity (Wildman–Crippen MR) is 62.1 cm³/mol. The molecule has 0 aliphatic heterocycles. The van der Waals surface area contributed by atoms with Gasteiger partial charge in [0.1, 0.15) is 0 Å². The molecule has 0 heterocycles. The van der Waals surface area contributed by atoms with E-state index in [1.807, 2.05) is 44.2 Å². The van der Waals surface area contributed by atoms with E-state index in [-0.39, 0.29) is 0 Å². The van der Waals surface area contributed by atoms with Crippen molar-refractivity contribution in [3.05, 3.63) is 65.8 Å². The zero-order valence-electron chi connectivity index (χ0n) is 8.89. The molecule has 1 aromatic rings. The Labute approximate surface area is 91.6 Å². The molecular formula is C15H11-. The van der Waals surface area contributed by atoms with Crippen molar-refractivity contribution in [1.29, 1.82) is 0 Å². The lowest BCUT2D eigenvalue weighted by Gasteiger charge is -2.12. The highest BCUT2D eigenvalue weighted by molar-refractivity contribution is 5.79. The normalized spacial score (nSPS) is 11.0. The lowest BCUT2D eigenvalue weighted by Crippen LogP contribution is -1.87. The predicted octanol–water partition coefficient (Wildman–Crippen LogP) is 3.46. The maximum absolute atomic E-state index is 7.29. The highest BCUT2D eigenvalue weighted by Crippen LogP contribution is 2.23. The molecule has 0 fully saturated rings. The molecule has 0 unspecified atom stereocenters. The van der Waals surface area contributed by atoms with Gasteiger partial charge in [-0.2, -0.15) is 0 Å². The zero-order chi connectivity index (χ0) is 11.3. The van der Waals surface area contributed by atoms with Gasteiger partial charge >= 0.3 is 0 Å². The molecule has 0 heteroatoms. The van der Waals surface area contributed by atoms with Crippen LogP contribution in [0.2, 0.25) is 0 Å². The number of benzene rings is 1. The van der Waals surface area contributed by atoms with Gasteiger partial charge in [-0.05, 0) is 5.56 Å². The molecule has 2 radical (unpaired) electrons. The van der Waals surface area contributed by atoms with Gasteiger partial charge in [-0.1, -0.05) is 44.2 Å². The first-order valence-electron chi connectivity index (χ1n) is 4.66. The van der Waals surface area contributed by atoms with Crippen molar-refractivity contribution in [2.45, 2.75) is 13.8 Å². The topological polar surface area (TPSA) is 0 Å². The molecule has 72 valence electrons. The quantitative estimate of drug-likeness (QED) is 0.290. The van der Waals surface area contributed by atoms with Crippen molar-refractivity contribution < 1.29 is 0 Å². The molecule has 0 amide bonds. The number of hydrogen-bond acceptors (Lipinski definition) is 0. The molecule has 0 nitrogen and oxygen atoms in total. The van der Waals surface area contributed by atoms with Crippen LogP contribution in [0.25, 0.3) is 5.57 Å².